The van der Waals surface area contributed by atoms with E-state index < -0.39 is 0 Å². The van der Waals surface area contributed by atoms with Crippen molar-refractivity contribution in [1.29, 1.82) is 0 Å². The van der Waals surface area contributed by atoms with Crippen LogP contribution in [0.3, 0.4) is 0 Å². The maximum atomic E-state index is 13.1. The van der Waals surface area contributed by atoms with Crippen molar-refractivity contribution in [3.63, 3.8) is 0 Å². The van der Waals surface area contributed by atoms with Crippen LogP contribution in [0, 0.1) is 6.92 Å². The summed E-state index contributed by atoms with van der Waals surface area (Å²) in [4.78, 5) is 25.2. The average molecular weight is 426 g/mol. The number of amides is 1. The van der Waals surface area contributed by atoms with Crippen molar-refractivity contribution in [3.8, 4) is 11.5 Å². The van der Waals surface area contributed by atoms with E-state index in [0.717, 1.165) is 45.1 Å². The molecule has 30 heavy (non-hydrogen) atoms. The number of fused-ring (bicyclic) bond motifs is 2. The van der Waals surface area contributed by atoms with E-state index in [9.17, 15) is 4.79 Å². The lowest BCUT2D eigenvalue weighted by Gasteiger charge is -2.22. The highest BCUT2D eigenvalue weighted by Crippen LogP contribution is 2.35. The number of ether oxygens (including phenoxy) is 3. The molecule has 1 saturated heterocycles. The molecule has 1 aromatic carbocycles. The van der Waals surface area contributed by atoms with Gasteiger partial charge in [-0.2, -0.15) is 0 Å². The summed E-state index contributed by atoms with van der Waals surface area (Å²) in [5.74, 6) is 2.24. The number of carbonyl (C=O) groups excluding carboxylic acids is 1. The summed E-state index contributed by atoms with van der Waals surface area (Å²) in [6.45, 7) is 4.08. The minimum atomic E-state index is 0.00715. The first-order valence-corrected chi connectivity index (χ1v) is 10.6. The Morgan fingerprint density at radius 3 is 3.00 bits per heavy atom. The molecule has 0 unspecified atom stereocenters. The molecule has 156 valence electrons. The van der Waals surface area contributed by atoms with Gasteiger partial charge in [-0.1, -0.05) is 6.07 Å². The second-order valence-electron chi connectivity index (χ2n) is 7.43. The SMILES string of the molecule is Cc1c(C(=O)N(C)[C@H]2CCOC2)sc2ncnc(NCc3ccc4c(c3)OCO4)c12. The van der Waals surface area contributed by atoms with Gasteiger partial charge in [0.05, 0.1) is 22.9 Å². The molecule has 2 aliphatic heterocycles. The molecule has 2 aromatic heterocycles. The molecule has 0 spiro atoms. The smallest absolute Gasteiger partial charge is 0.264 e. The van der Waals surface area contributed by atoms with Crippen molar-refractivity contribution in [2.45, 2.75) is 25.9 Å². The number of hydrogen-bond acceptors (Lipinski definition) is 8. The number of nitrogens with one attached hydrogen (secondary N) is 1. The molecule has 8 nitrogen and oxygen atoms in total. The van der Waals surface area contributed by atoms with Gasteiger partial charge in [0.25, 0.3) is 5.91 Å². The minimum Gasteiger partial charge on any atom is -0.454 e. The molecule has 0 saturated carbocycles. The number of aryl methyl sites for hydroxylation is 1. The molecule has 0 bridgehead atoms. The number of nitrogens with zero attached hydrogens (tertiary/aromatic N) is 3. The Morgan fingerprint density at radius 1 is 1.30 bits per heavy atom. The van der Waals surface area contributed by atoms with Gasteiger partial charge in [-0.15, -0.1) is 11.3 Å². The summed E-state index contributed by atoms with van der Waals surface area (Å²) in [7, 11) is 1.84. The number of benzene rings is 1. The van der Waals surface area contributed by atoms with E-state index in [4.69, 9.17) is 14.2 Å². The summed E-state index contributed by atoms with van der Waals surface area (Å²) in [5.41, 5.74) is 1.95. The fourth-order valence-corrected chi connectivity index (χ4v) is 4.93. The van der Waals surface area contributed by atoms with Gasteiger partial charge in [-0.25, -0.2) is 9.97 Å². The predicted molar refractivity (Wildman–Crippen MR) is 113 cm³/mol. The Labute approximate surface area is 177 Å². The number of anilines is 1. The number of hydrogen-bond donors (Lipinski definition) is 1. The van der Waals surface area contributed by atoms with Gasteiger partial charge in [0.1, 0.15) is 17.0 Å². The van der Waals surface area contributed by atoms with Crippen LogP contribution in [-0.2, 0) is 11.3 Å². The largest absolute Gasteiger partial charge is 0.454 e. The molecule has 9 heteroatoms. The van der Waals surface area contributed by atoms with Crippen molar-refractivity contribution in [3.05, 3.63) is 40.5 Å². The Kier molecular flexibility index (Phi) is 4.92. The van der Waals surface area contributed by atoms with E-state index in [0.29, 0.717) is 24.6 Å². The molecule has 0 radical (unpaired) electrons. The Balaban J connectivity index is 1.40. The molecule has 1 fully saturated rings. The van der Waals surface area contributed by atoms with Crippen LogP contribution in [-0.4, -0.2) is 53.9 Å². The van der Waals surface area contributed by atoms with Crippen LogP contribution in [0.2, 0.25) is 0 Å². The number of thiophene rings is 1. The molecule has 3 aromatic rings. The normalized spacial score (nSPS) is 17.5. The van der Waals surface area contributed by atoms with Crippen LogP contribution in [0.1, 0.15) is 27.2 Å². The highest BCUT2D eigenvalue weighted by atomic mass is 32.1. The average Bonchev–Trinajstić information content (AvgIpc) is 3.51. The molecular weight excluding hydrogens is 404 g/mol. The fraction of sp³-hybridized carbons (Fsp3) is 0.381. The standard InChI is InChI=1S/C21H22N4O4S/c1-12-17-19(22-8-13-3-4-15-16(7-13)29-11-28-15)23-10-24-20(17)30-18(12)21(26)25(2)14-5-6-27-9-14/h3-4,7,10,14H,5-6,8-9,11H2,1-2H3,(H,22,23,24)/t14-/m0/s1. The second kappa shape index (κ2) is 7.73. The lowest BCUT2D eigenvalue weighted by Crippen LogP contribution is -2.37. The Morgan fingerprint density at radius 2 is 2.17 bits per heavy atom. The molecule has 0 aliphatic carbocycles. The monoisotopic (exact) mass is 426 g/mol. The first-order chi connectivity index (χ1) is 14.6. The summed E-state index contributed by atoms with van der Waals surface area (Å²) >= 11 is 1.41. The third kappa shape index (κ3) is 3.33. The quantitative estimate of drug-likeness (QED) is 0.670. The lowest BCUT2D eigenvalue weighted by atomic mass is 10.1. The summed E-state index contributed by atoms with van der Waals surface area (Å²) in [6.07, 6.45) is 2.40. The molecule has 1 N–H and O–H groups in total. The number of carbonyl (C=O) groups is 1. The summed E-state index contributed by atoms with van der Waals surface area (Å²) in [6, 6.07) is 5.98. The Hall–Kier alpha value is -2.91. The number of rotatable bonds is 5. The Bertz CT molecular complexity index is 1110. The molecule has 2 aliphatic rings. The van der Waals surface area contributed by atoms with E-state index in [1.54, 1.807) is 4.90 Å². The topological polar surface area (TPSA) is 85.8 Å². The van der Waals surface area contributed by atoms with E-state index in [1.165, 1.54) is 17.7 Å². The first kappa shape index (κ1) is 19.1. The molecule has 4 heterocycles. The van der Waals surface area contributed by atoms with Crippen LogP contribution >= 0.6 is 11.3 Å². The maximum absolute atomic E-state index is 13.1. The van der Waals surface area contributed by atoms with E-state index in [-0.39, 0.29) is 18.7 Å². The number of aromatic nitrogens is 2. The third-order valence-corrected chi connectivity index (χ3v) is 6.78. The van der Waals surface area contributed by atoms with E-state index in [2.05, 4.69) is 15.3 Å². The molecular formula is C21H22N4O4S. The van der Waals surface area contributed by atoms with E-state index in [1.807, 2.05) is 32.2 Å². The fourth-order valence-electron chi connectivity index (χ4n) is 3.80. The minimum absolute atomic E-state index is 0.00715. The third-order valence-electron chi connectivity index (χ3n) is 5.59. The molecule has 5 rings (SSSR count). The van der Waals surface area contributed by atoms with Crippen molar-refractivity contribution in [1.82, 2.24) is 14.9 Å². The zero-order valence-electron chi connectivity index (χ0n) is 16.8. The van der Waals surface area contributed by atoms with Gasteiger partial charge in [-0.3, -0.25) is 4.79 Å². The van der Waals surface area contributed by atoms with Gasteiger partial charge in [0.15, 0.2) is 11.5 Å². The van der Waals surface area contributed by atoms with Gasteiger partial charge in [0, 0.05) is 20.2 Å². The van der Waals surface area contributed by atoms with Crippen molar-refractivity contribution < 1.29 is 19.0 Å². The van der Waals surface area contributed by atoms with Crippen molar-refractivity contribution in [2.24, 2.45) is 0 Å². The zero-order valence-corrected chi connectivity index (χ0v) is 17.6. The van der Waals surface area contributed by atoms with Crippen LogP contribution in [0.25, 0.3) is 10.2 Å². The molecule has 1 amide bonds. The predicted octanol–water partition coefficient (Wildman–Crippen LogP) is 3.20. The summed E-state index contributed by atoms with van der Waals surface area (Å²) < 4.78 is 16.2. The maximum Gasteiger partial charge on any atom is 0.264 e. The van der Waals surface area contributed by atoms with Gasteiger partial charge < -0.3 is 24.4 Å². The van der Waals surface area contributed by atoms with Crippen LogP contribution < -0.4 is 14.8 Å². The second-order valence-corrected chi connectivity index (χ2v) is 8.43. The summed E-state index contributed by atoms with van der Waals surface area (Å²) in [5, 5.41) is 4.28. The highest BCUT2D eigenvalue weighted by Gasteiger charge is 2.28. The lowest BCUT2D eigenvalue weighted by molar-refractivity contribution is 0.0715. The van der Waals surface area contributed by atoms with Gasteiger partial charge in [0.2, 0.25) is 6.79 Å². The number of likely N-dealkylation sites (N-methyl/N-ethyl adjacent to an activating group) is 1. The first-order valence-electron chi connectivity index (χ1n) is 9.83. The van der Waals surface area contributed by atoms with Gasteiger partial charge >= 0.3 is 0 Å². The van der Waals surface area contributed by atoms with Crippen LogP contribution in [0.4, 0.5) is 5.82 Å². The van der Waals surface area contributed by atoms with Crippen LogP contribution in [0.5, 0.6) is 11.5 Å². The highest BCUT2D eigenvalue weighted by molar-refractivity contribution is 7.20. The zero-order chi connectivity index (χ0) is 20.7. The molecule has 1 atom stereocenters. The van der Waals surface area contributed by atoms with Crippen molar-refractivity contribution in [2.75, 3.05) is 32.4 Å². The van der Waals surface area contributed by atoms with Crippen LogP contribution in [0.15, 0.2) is 24.5 Å². The van der Waals surface area contributed by atoms with Gasteiger partial charge in [-0.05, 0) is 36.6 Å². The van der Waals surface area contributed by atoms with E-state index >= 15 is 0 Å². The van der Waals surface area contributed by atoms with Crippen molar-refractivity contribution >= 4 is 33.3 Å².